The summed E-state index contributed by atoms with van der Waals surface area (Å²) >= 11 is 0. The molecule has 2 amide bonds. The fraction of sp³-hybridized carbons (Fsp3) is 0.182. The van der Waals surface area contributed by atoms with E-state index in [1.54, 1.807) is 19.1 Å². The summed E-state index contributed by atoms with van der Waals surface area (Å²) in [6.45, 7) is 2.04. The van der Waals surface area contributed by atoms with Crippen LogP contribution in [0, 0.1) is 5.82 Å². The van der Waals surface area contributed by atoms with Gasteiger partial charge >= 0.3 is 11.8 Å². The third-order valence-corrected chi connectivity index (χ3v) is 1.82. The Bertz CT molecular complexity index is 446. The van der Waals surface area contributed by atoms with Crippen LogP contribution in [0.5, 0.6) is 0 Å². The van der Waals surface area contributed by atoms with Gasteiger partial charge in [-0.15, -0.1) is 0 Å². The first-order chi connectivity index (χ1) is 8.15. The van der Waals surface area contributed by atoms with Crippen molar-refractivity contribution in [3.8, 4) is 0 Å². The highest BCUT2D eigenvalue weighted by Gasteiger charge is 2.10. The van der Waals surface area contributed by atoms with Crippen LogP contribution >= 0.6 is 0 Å². The smallest absolute Gasteiger partial charge is 0.329 e. The Morgan fingerprint density at radius 1 is 1.35 bits per heavy atom. The molecular weight excluding hydrogens is 225 g/mol. The van der Waals surface area contributed by atoms with Gasteiger partial charge in [0.1, 0.15) is 5.82 Å². The zero-order valence-corrected chi connectivity index (χ0v) is 9.24. The summed E-state index contributed by atoms with van der Waals surface area (Å²) < 4.78 is 13.1. The fourth-order valence-electron chi connectivity index (χ4n) is 1.03. The van der Waals surface area contributed by atoms with Crippen LogP contribution in [0.25, 0.3) is 0 Å². The van der Waals surface area contributed by atoms with E-state index in [1.165, 1.54) is 12.1 Å². The van der Waals surface area contributed by atoms with Crippen LogP contribution in [-0.4, -0.2) is 24.6 Å². The Balaban J connectivity index is 2.54. The average Bonchev–Trinajstić information content (AvgIpc) is 2.31. The van der Waals surface area contributed by atoms with Crippen LogP contribution in [0.2, 0.25) is 0 Å². The standard InChI is InChI=1S/C11H12FN3O2/c1-2-13-10(16)11(17)15-14-7-8-5-3-4-6-9(8)12/h3-7H,2H2,1H3,(H,13,16)(H,15,17). The molecule has 0 saturated carbocycles. The first-order valence-electron chi connectivity index (χ1n) is 5.01. The first-order valence-corrected chi connectivity index (χ1v) is 5.01. The number of rotatable bonds is 3. The summed E-state index contributed by atoms with van der Waals surface area (Å²) in [5, 5.41) is 5.79. The lowest BCUT2D eigenvalue weighted by Gasteiger charge is -1.99. The molecule has 17 heavy (non-hydrogen) atoms. The van der Waals surface area contributed by atoms with Crippen molar-refractivity contribution in [2.24, 2.45) is 5.10 Å². The molecule has 90 valence electrons. The molecule has 0 bridgehead atoms. The summed E-state index contributed by atoms with van der Waals surface area (Å²) in [5.74, 6) is -2.12. The number of benzene rings is 1. The van der Waals surface area contributed by atoms with E-state index in [0.29, 0.717) is 6.54 Å². The predicted octanol–water partition coefficient (Wildman–Crippen LogP) is 0.412. The number of halogens is 1. The topological polar surface area (TPSA) is 70.6 Å². The molecule has 0 fully saturated rings. The van der Waals surface area contributed by atoms with Gasteiger partial charge in [-0.3, -0.25) is 9.59 Å². The van der Waals surface area contributed by atoms with E-state index in [0.717, 1.165) is 6.21 Å². The first kappa shape index (κ1) is 12.8. The van der Waals surface area contributed by atoms with Crippen molar-refractivity contribution in [2.45, 2.75) is 6.92 Å². The molecule has 0 saturated heterocycles. The van der Waals surface area contributed by atoms with Crippen molar-refractivity contribution >= 4 is 18.0 Å². The minimum absolute atomic E-state index is 0.226. The number of hydrogen-bond donors (Lipinski definition) is 2. The molecule has 0 spiro atoms. The van der Waals surface area contributed by atoms with Crippen molar-refractivity contribution in [1.29, 1.82) is 0 Å². The SMILES string of the molecule is CCNC(=O)C(=O)NN=Cc1ccccc1F. The zero-order chi connectivity index (χ0) is 12.7. The van der Waals surface area contributed by atoms with Crippen LogP contribution in [-0.2, 0) is 9.59 Å². The lowest BCUT2D eigenvalue weighted by atomic mass is 10.2. The molecule has 0 aliphatic heterocycles. The minimum Gasteiger partial charge on any atom is -0.348 e. The van der Waals surface area contributed by atoms with Crippen LogP contribution in [0.3, 0.4) is 0 Å². The number of nitrogens with zero attached hydrogens (tertiary/aromatic N) is 1. The molecule has 0 atom stereocenters. The second-order valence-electron chi connectivity index (χ2n) is 3.08. The monoisotopic (exact) mass is 237 g/mol. The lowest BCUT2D eigenvalue weighted by molar-refractivity contribution is -0.139. The van der Waals surface area contributed by atoms with Gasteiger partial charge in [0, 0.05) is 12.1 Å². The van der Waals surface area contributed by atoms with Gasteiger partial charge in [-0.2, -0.15) is 5.10 Å². The van der Waals surface area contributed by atoms with Crippen LogP contribution in [0.1, 0.15) is 12.5 Å². The summed E-state index contributed by atoms with van der Waals surface area (Å²) in [4.78, 5) is 22.1. The number of amides is 2. The average molecular weight is 237 g/mol. The molecule has 0 heterocycles. The van der Waals surface area contributed by atoms with Gasteiger partial charge in [-0.1, -0.05) is 18.2 Å². The van der Waals surface area contributed by atoms with Gasteiger partial charge < -0.3 is 5.32 Å². The molecule has 0 aliphatic carbocycles. The fourth-order valence-corrected chi connectivity index (χ4v) is 1.03. The summed E-state index contributed by atoms with van der Waals surface area (Å²) in [7, 11) is 0. The molecule has 1 aromatic carbocycles. The van der Waals surface area contributed by atoms with Crippen molar-refractivity contribution < 1.29 is 14.0 Å². The van der Waals surface area contributed by atoms with Crippen LogP contribution < -0.4 is 10.7 Å². The molecule has 0 aliphatic rings. The second-order valence-corrected chi connectivity index (χ2v) is 3.08. The predicted molar refractivity (Wildman–Crippen MR) is 60.8 cm³/mol. The number of nitrogens with one attached hydrogen (secondary N) is 2. The summed E-state index contributed by atoms with van der Waals surface area (Å²) in [6.07, 6.45) is 1.13. The van der Waals surface area contributed by atoms with E-state index in [9.17, 15) is 14.0 Å². The lowest BCUT2D eigenvalue weighted by Crippen LogP contribution is -2.37. The largest absolute Gasteiger partial charge is 0.348 e. The zero-order valence-electron chi connectivity index (χ0n) is 9.24. The Kier molecular flexibility index (Phi) is 4.80. The van der Waals surface area contributed by atoms with Gasteiger partial charge in [0.25, 0.3) is 0 Å². The summed E-state index contributed by atoms with van der Waals surface area (Å²) in [6, 6.07) is 5.94. The minimum atomic E-state index is -0.889. The quantitative estimate of drug-likeness (QED) is 0.454. The molecule has 6 heteroatoms. The van der Waals surface area contributed by atoms with Crippen LogP contribution in [0.4, 0.5) is 4.39 Å². The number of likely N-dealkylation sites (N-methyl/N-ethyl adjacent to an activating group) is 1. The maximum absolute atomic E-state index is 13.1. The van der Waals surface area contributed by atoms with E-state index < -0.39 is 17.6 Å². The number of carbonyl (C=O) groups excluding carboxylic acids is 2. The van der Waals surface area contributed by atoms with Crippen molar-refractivity contribution in [3.63, 3.8) is 0 Å². The molecule has 1 rings (SSSR count). The van der Waals surface area contributed by atoms with E-state index in [1.807, 2.05) is 5.43 Å². The Morgan fingerprint density at radius 2 is 2.06 bits per heavy atom. The van der Waals surface area contributed by atoms with Gasteiger partial charge in [-0.05, 0) is 13.0 Å². The molecule has 2 N–H and O–H groups in total. The number of hydrazone groups is 1. The van der Waals surface area contributed by atoms with E-state index in [2.05, 4.69) is 10.4 Å². The number of hydrogen-bond acceptors (Lipinski definition) is 3. The van der Waals surface area contributed by atoms with Gasteiger partial charge in [-0.25, -0.2) is 9.82 Å². The van der Waals surface area contributed by atoms with E-state index in [4.69, 9.17) is 0 Å². The Hall–Kier alpha value is -2.24. The highest BCUT2D eigenvalue weighted by molar-refractivity contribution is 6.35. The maximum Gasteiger partial charge on any atom is 0.329 e. The summed E-state index contributed by atoms with van der Waals surface area (Å²) in [5.41, 5.74) is 2.22. The van der Waals surface area contributed by atoms with E-state index >= 15 is 0 Å². The van der Waals surface area contributed by atoms with Crippen molar-refractivity contribution in [3.05, 3.63) is 35.6 Å². The van der Waals surface area contributed by atoms with Gasteiger partial charge in [0.2, 0.25) is 0 Å². The molecule has 0 aromatic heterocycles. The normalized spacial score (nSPS) is 10.2. The van der Waals surface area contributed by atoms with Gasteiger partial charge in [0.15, 0.2) is 0 Å². The molecule has 0 radical (unpaired) electrons. The molecular formula is C11H12FN3O2. The second kappa shape index (κ2) is 6.37. The third-order valence-electron chi connectivity index (χ3n) is 1.82. The van der Waals surface area contributed by atoms with E-state index in [-0.39, 0.29) is 5.56 Å². The van der Waals surface area contributed by atoms with Crippen molar-refractivity contribution in [1.82, 2.24) is 10.7 Å². The molecule has 5 nitrogen and oxygen atoms in total. The highest BCUT2D eigenvalue weighted by Crippen LogP contribution is 2.02. The Labute approximate surface area is 97.7 Å². The van der Waals surface area contributed by atoms with Crippen molar-refractivity contribution in [2.75, 3.05) is 6.54 Å². The van der Waals surface area contributed by atoms with Crippen LogP contribution in [0.15, 0.2) is 29.4 Å². The third kappa shape index (κ3) is 4.02. The Morgan fingerprint density at radius 3 is 2.71 bits per heavy atom. The van der Waals surface area contributed by atoms with Gasteiger partial charge in [0.05, 0.1) is 6.21 Å². The number of carbonyl (C=O) groups is 2. The molecule has 0 unspecified atom stereocenters. The molecule has 1 aromatic rings. The highest BCUT2D eigenvalue weighted by atomic mass is 19.1. The maximum atomic E-state index is 13.1.